The molecule has 0 aliphatic rings. The van der Waals surface area contributed by atoms with Crippen LogP contribution in [0.1, 0.15) is 57.1 Å². The van der Waals surface area contributed by atoms with Crippen LogP contribution in [0.4, 0.5) is 0 Å². The SMILES string of the molecule is CCNCc1sc(CN(CC)CC)nc1C(C)(C)C. The van der Waals surface area contributed by atoms with Crippen molar-refractivity contribution in [2.75, 3.05) is 19.6 Å². The van der Waals surface area contributed by atoms with Crippen LogP contribution >= 0.6 is 11.3 Å². The molecule has 4 heteroatoms. The fourth-order valence-corrected chi connectivity index (χ4v) is 3.34. The van der Waals surface area contributed by atoms with Crippen molar-refractivity contribution < 1.29 is 0 Å². The largest absolute Gasteiger partial charge is 0.312 e. The van der Waals surface area contributed by atoms with Crippen LogP contribution in [0.5, 0.6) is 0 Å². The lowest BCUT2D eigenvalue weighted by atomic mass is 9.91. The fourth-order valence-electron chi connectivity index (χ4n) is 2.05. The molecule has 0 saturated heterocycles. The van der Waals surface area contributed by atoms with Crippen molar-refractivity contribution in [1.29, 1.82) is 0 Å². The Morgan fingerprint density at radius 3 is 2.26 bits per heavy atom. The van der Waals surface area contributed by atoms with Crippen LogP contribution in [-0.2, 0) is 18.5 Å². The van der Waals surface area contributed by atoms with Gasteiger partial charge in [0.15, 0.2) is 0 Å². The molecule has 1 N–H and O–H groups in total. The molecule has 0 saturated carbocycles. The Morgan fingerprint density at radius 1 is 1.16 bits per heavy atom. The predicted octanol–water partition coefficient (Wildman–Crippen LogP) is 3.39. The van der Waals surface area contributed by atoms with Gasteiger partial charge in [-0.25, -0.2) is 4.98 Å². The van der Waals surface area contributed by atoms with Gasteiger partial charge in [-0.3, -0.25) is 4.90 Å². The first-order chi connectivity index (χ1) is 8.92. The molecule has 19 heavy (non-hydrogen) atoms. The molecule has 0 aliphatic heterocycles. The highest BCUT2D eigenvalue weighted by Gasteiger charge is 2.23. The van der Waals surface area contributed by atoms with E-state index in [1.165, 1.54) is 15.6 Å². The molecule has 1 heterocycles. The molecule has 1 aromatic rings. The number of nitrogens with one attached hydrogen (secondary N) is 1. The van der Waals surface area contributed by atoms with Crippen molar-refractivity contribution in [2.24, 2.45) is 0 Å². The zero-order valence-corrected chi connectivity index (χ0v) is 14.2. The van der Waals surface area contributed by atoms with E-state index in [1.807, 2.05) is 11.3 Å². The third-order valence-corrected chi connectivity index (χ3v) is 4.28. The van der Waals surface area contributed by atoms with Crippen molar-refractivity contribution in [2.45, 2.75) is 60.0 Å². The predicted molar refractivity (Wildman–Crippen MR) is 84.8 cm³/mol. The van der Waals surface area contributed by atoms with Crippen molar-refractivity contribution in [3.8, 4) is 0 Å². The highest BCUT2D eigenvalue weighted by molar-refractivity contribution is 7.11. The van der Waals surface area contributed by atoms with Crippen LogP contribution in [0.2, 0.25) is 0 Å². The first-order valence-electron chi connectivity index (χ1n) is 7.34. The van der Waals surface area contributed by atoms with Crippen LogP contribution in [-0.4, -0.2) is 29.5 Å². The van der Waals surface area contributed by atoms with Crippen LogP contribution in [0, 0.1) is 0 Å². The number of thiazole rings is 1. The lowest BCUT2D eigenvalue weighted by Gasteiger charge is -2.18. The molecule has 0 atom stereocenters. The zero-order chi connectivity index (χ0) is 14.5. The molecule has 0 aromatic carbocycles. The van der Waals surface area contributed by atoms with Gasteiger partial charge in [-0.15, -0.1) is 11.3 Å². The monoisotopic (exact) mass is 283 g/mol. The van der Waals surface area contributed by atoms with Gasteiger partial charge in [0.25, 0.3) is 0 Å². The number of aromatic nitrogens is 1. The third kappa shape index (κ3) is 4.86. The van der Waals surface area contributed by atoms with Gasteiger partial charge in [0.2, 0.25) is 0 Å². The van der Waals surface area contributed by atoms with E-state index in [0.717, 1.165) is 32.7 Å². The quantitative estimate of drug-likeness (QED) is 0.831. The van der Waals surface area contributed by atoms with Gasteiger partial charge in [-0.1, -0.05) is 41.5 Å². The standard InChI is InChI=1S/C15H29N3S/c1-7-16-10-12-14(15(4,5)6)17-13(19-12)11-18(8-2)9-3/h16H,7-11H2,1-6H3. The topological polar surface area (TPSA) is 28.2 Å². The number of hydrogen-bond acceptors (Lipinski definition) is 4. The minimum atomic E-state index is 0.128. The van der Waals surface area contributed by atoms with E-state index in [2.05, 4.69) is 51.8 Å². The highest BCUT2D eigenvalue weighted by Crippen LogP contribution is 2.30. The molecule has 0 spiro atoms. The molecule has 0 unspecified atom stereocenters. The smallest absolute Gasteiger partial charge is 0.107 e. The molecular weight excluding hydrogens is 254 g/mol. The Balaban J connectivity index is 2.92. The highest BCUT2D eigenvalue weighted by atomic mass is 32.1. The van der Waals surface area contributed by atoms with Crippen molar-refractivity contribution >= 4 is 11.3 Å². The molecule has 3 nitrogen and oxygen atoms in total. The summed E-state index contributed by atoms with van der Waals surface area (Å²) in [4.78, 5) is 8.73. The second-order valence-corrected chi connectivity index (χ2v) is 7.04. The first kappa shape index (κ1) is 16.6. The second-order valence-electron chi connectivity index (χ2n) is 5.87. The minimum Gasteiger partial charge on any atom is -0.312 e. The van der Waals surface area contributed by atoms with Crippen LogP contribution < -0.4 is 5.32 Å². The van der Waals surface area contributed by atoms with Crippen molar-refractivity contribution in [3.05, 3.63) is 15.6 Å². The molecule has 0 fully saturated rings. The summed E-state index contributed by atoms with van der Waals surface area (Å²) >= 11 is 1.87. The van der Waals surface area contributed by atoms with Gasteiger partial charge in [-0.2, -0.15) is 0 Å². The number of hydrogen-bond donors (Lipinski definition) is 1. The average Bonchev–Trinajstić information content (AvgIpc) is 2.76. The van der Waals surface area contributed by atoms with Gasteiger partial charge in [0, 0.05) is 16.8 Å². The fraction of sp³-hybridized carbons (Fsp3) is 0.800. The summed E-state index contributed by atoms with van der Waals surface area (Å²) in [6, 6.07) is 0. The lowest BCUT2D eigenvalue weighted by Crippen LogP contribution is -2.22. The van der Waals surface area contributed by atoms with Crippen molar-refractivity contribution in [1.82, 2.24) is 15.2 Å². The molecule has 1 aromatic heterocycles. The van der Waals surface area contributed by atoms with E-state index in [1.54, 1.807) is 0 Å². The van der Waals surface area contributed by atoms with E-state index < -0.39 is 0 Å². The summed E-state index contributed by atoms with van der Waals surface area (Å²) in [5, 5.41) is 4.68. The summed E-state index contributed by atoms with van der Waals surface area (Å²) in [6.07, 6.45) is 0. The summed E-state index contributed by atoms with van der Waals surface area (Å²) in [6.45, 7) is 18.4. The average molecular weight is 283 g/mol. The van der Waals surface area contributed by atoms with Crippen LogP contribution in [0.25, 0.3) is 0 Å². The Morgan fingerprint density at radius 2 is 1.79 bits per heavy atom. The van der Waals surface area contributed by atoms with E-state index in [0.29, 0.717) is 0 Å². The Bertz CT molecular complexity index is 375. The third-order valence-electron chi connectivity index (χ3n) is 3.24. The maximum absolute atomic E-state index is 4.91. The normalized spacial score (nSPS) is 12.4. The maximum Gasteiger partial charge on any atom is 0.107 e. The van der Waals surface area contributed by atoms with Crippen LogP contribution in [0.3, 0.4) is 0 Å². The van der Waals surface area contributed by atoms with Crippen LogP contribution in [0.15, 0.2) is 0 Å². The second kappa shape index (κ2) is 7.36. The molecule has 0 radical (unpaired) electrons. The number of nitrogens with zero attached hydrogens (tertiary/aromatic N) is 2. The lowest BCUT2D eigenvalue weighted by molar-refractivity contribution is 0.295. The first-order valence-corrected chi connectivity index (χ1v) is 8.16. The molecule has 0 bridgehead atoms. The van der Waals surface area contributed by atoms with Gasteiger partial charge < -0.3 is 5.32 Å². The van der Waals surface area contributed by atoms with Gasteiger partial charge >= 0.3 is 0 Å². The van der Waals surface area contributed by atoms with Gasteiger partial charge in [0.05, 0.1) is 12.2 Å². The Labute approximate surface area is 122 Å². The molecule has 110 valence electrons. The molecule has 0 amide bonds. The molecule has 0 aliphatic carbocycles. The zero-order valence-electron chi connectivity index (χ0n) is 13.3. The number of rotatable bonds is 7. The minimum absolute atomic E-state index is 0.128. The molecular formula is C15H29N3S. The van der Waals surface area contributed by atoms with E-state index in [9.17, 15) is 0 Å². The maximum atomic E-state index is 4.91. The summed E-state index contributed by atoms with van der Waals surface area (Å²) < 4.78 is 0. The van der Waals surface area contributed by atoms with Gasteiger partial charge in [-0.05, 0) is 19.6 Å². The molecule has 1 rings (SSSR count). The Hall–Kier alpha value is -0.450. The van der Waals surface area contributed by atoms with E-state index >= 15 is 0 Å². The summed E-state index contributed by atoms with van der Waals surface area (Å²) in [7, 11) is 0. The van der Waals surface area contributed by atoms with Gasteiger partial charge in [0.1, 0.15) is 5.01 Å². The Kier molecular flexibility index (Phi) is 6.43. The van der Waals surface area contributed by atoms with Crippen molar-refractivity contribution in [3.63, 3.8) is 0 Å². The summed E-state index contributed by atoms with van der Waals surface area (Å²) in [5.41, 5.74) is 1.39. The summed E-state index contributed by atoms with van der Waals surface area (Å²) in [5.74, 6) is 0. The van der Waals surface area contributed by atoms with E-state index in [4.69, 9.17) is 4.98 Å². The van der Waals surface area contributed by atoms with E-state index in [-0.39, 0.29) is 5.41 Å².